The lowest BCUT2D eigenvalue weighted by molar-refractivity contribution is 0.952. The fourth-order valence-corrected chi connectivity index (χ4v) is 3.00. The number of benzene rings is 2. The molecule has 0 heterocycles. The third-order valence-electron chi connectivity index (χ3n) is 4.38. The Balaban J connectivity index is 2.23. The quantitative estimate of drug-likeness (QED) is 0.493. The van der Waals surface area contributed by atoms with Crippen LogP contribution in [0.2, 0.25) is 0 Å². The van der Waals surface area contributed by atoms with E-state index >= 15 is 0 Å². The first kappa shape index (κ1) is 18.9. The van der Waals surface area contributed by atoms with Crippen molar-refractivity contribution < 1.29 is 0 Å². The highest BCUT2D eigenvalue weighted by Crippen LogP contribution is 2.25. The summed E-state index contributed by atoms with van der Waals surface area (Å²) in [6.07, 6.45) is 4.96. The van der Waals surface area contributed by atoms with Gasteiger partial charge in [-0.1, -0.05) is 56.0 Å². The van der Waals surface area contributed by atoms with Crippen LogP contribution in [0.1, 0.15) is 55.5 Å². The summed E-state index contributed by atoms with van der Waals surface area (Å²) in [5.74, 6) is 0. The first-order valence-corrected chi connectivity index (χ1v) is 8.99. The Labute approximate surface area is 152 Å². The molecule has 0 fully saturated rings. The Hall–Kier alpha value is -2.41. The van der Waals surface area contributed by atoms with Crippen molar-refractivity contribution in [1.29, 1.82) is 0 Å². The number of hydrogen-bond donors (Lipinski definition) is 0. The lowest BCUT2D eigenvalue weighted by Crippen LogP contribution is -1.98. The molecule has 0 amide bonds. The maximum Gasteiger partial charge on any atom is 0.0701 e. The van der Waals surface area contributed by atoms with Crippen LogP contribution in [-0.2, 0) is 19.3 Å². The molecule has 2 aromatic carbocycles. The average Bonchev–Trinajstić information content (AvgIpc) is 2.60. The van der Waals surface area contributed by atoms with E-state index in [2.05, 4.69) is 68.4 Å². The Morgan fingerprint density at radius 3 is 2.32 bits per heavy atom. The first-order chi connectivity index (χ1) is 11.9. The lowest BCUT2D eigenvalue weighted by atomic mass is 9.93. The third-order valence-corrected chi connectivity index (χ3v) is 4.38. The number of rotatable bonds is 7. The molecule has 0 atom stereocenters. The van der Waals surface area contributed by atoms with E-state index < -0.39 is 0 Å². The van der Waals surface area contributed by atoms with Crippen LogP contribution >= 0.6 is 0 Å². The normalized spacial score (nSPS) is 10.4. The monoisotopic (exact) mass is 331 g/mol. The van der Waals surface area contributed by atoms with E-state index in [0.29, 0.717) is 0 Å². The van der Waals surface area contributed by atoms with Crippen LogP contribution in [0, 0.1) is 0 Å². The van der Waals surface area contributed by atoms with Crippen molar-refractivity contribution in [3.8, 4) is 0 Å². The number of allylic oxidation sites excluding steroid dienone is 1. The van der Waals surface area contributed by atoms with Crippen molar-refractivity contribution in [2.24, 2.45) is 4.99 Å². The molecular formula is C24H29N. The third kappa shape index (κ3) is 5.03. The summed E-state index contributed by atoms with van der Waals surface area (Å²) < 4.78 is 0. The van der Waals surface area contributed by atoms with Crippen LogP contribution in [0.15, 0.2) is 54.5 Å². The molecule has 0 aromatic heterocycles. The summed E-state index contributed by atoms with van der Waals surface area (Å²) in [5.41, 5.74) is 9.64. The standard InChI is InChI=1S/C24H29N/c1-7-19-9-12-22(23(16-19)17(3)4)13-10-20-11-14-24(25-18(5)6)21(8-2)15-20/h8-9,11-12,14-16H,2-3,7,10,13H2,1,4-6H3. The Morgan fingerprint density at radius 2 is 1.72 bits per heavy atom. The summed E-state index contributed by atoms with van der Waals surface area (Å²) in [6, 6.07) is 13.3. The Morgan fingerprint density at radius 1 is 1.00 bits per heavy atom. The topological polar surface area (TPSA) is 12.4 Å². The highest BCUT2D eigenvalue weighted by atomic mass is 14.7. The van der Waals surface area contributed by atoms with Gasteiger partial charge >= 0.3 is 0 Å². The van der Waals surface area contributed by atoms with Gasteiger partial charge in [0.2, 0.25) is 0 Å². The van der Waals surface area contributed by atoms with Gasteiger partial charge in [-0.3, -0.25) is 4.99 Å². The van der Waals surface area contributed by atoms with E-state index in [4.69, 9.17) is 0 Å². The van der Waals surface area contributed by atoms with Crippen LogP contribution in [0.3, 0.4) is 0 Å². The van der Waals surface area contributed by atoms with Gasteiger partial charge in [0, 0.05) is 5.71 Å². The SMILES string of the molecule is C=Cc1cc(CCc2ccc(CC)cc2C(=C)C)ccc1N=C(C)C. The van der Waals surface area contributed by atoms with E-state index in [-0.39, 0.29) is 0 Å². The fourth-order valence-electron chi connectivity index (χ4n) is 3.00. The highest BCUT2D eigenvalue weighted by Gasteiger charge is 2.07. The van der Waals surface area contributed by atoms with Gasteiger partial charge < -0.3 is 0 Å². The minimum absolute atomic E-state index is 0.994. The van der Waals surface area contributed by atoms with Gasteiger partial charge in [-0.15, -0.1) is 0 Å². The van der Waals surface area contributed by atoms with Crippen molar-refractivity contribution in [3.05, 3.63) is 77.4 Å². The average molecular weight is 332 g/mol. The summed E-state index contributed by atoms with van der Waals surface area (Å²) in [6.45, 7) is 16.4. The molecule has 0 spiro atoms. The minimum atomic E-state index is 0.994. The molecule has 0 bridgehead atoms. The van der Waals surface area contributed by atoms with Crippen LogP contribution < -0.4 is 0 Å². The molecule has 2 rings (SSSR count). The summed E-state index contributed by atoms with van der Waals surface area (Å²) in [5, 5.41) is 0. The number of aryl methyl sites for hydroxylation is 3. The molecule has 130 valence electrons. The highest BCUT2D eigenvalue weighted by molar-refractivity contribution is 5.83. The van der Waals surface area contributed by atoms with Crippen molar-refractivity contribution in [2.45, 2.75) is 47.0 Å². The molecule has 1 heteroatoms. The summed E-state index contributed by atoms with van der Waals surface area (Å²) in [7, 11) is 0. The second-order valence-electron chi connectivity index (χ2n) is 6.78. The van der Waals surface area contributed by atoms with Gasteiger partial charge in [0.1, 0.15) is 0 Å². The lowest BCUT2D eigenvalue weighted by Gasteiger charge is -2.12. The second kappa shape index (κ2) is 8.62. The van der Waals surface area contributed by atoms with Crippen LogP contribution in [-0.4, -0.2) is 5.71 Å². The zero-order chi connectivity index (χ0) is 18.4. The number of hydrogen-bond acceptors (Lipinski definition) is 1. The molecule has 25 heavy (non-hydrogen) atoms. The zero-order valence-electron chi connectivity index (χ0n) is 16.0. The predicted molar refractivity (Wildman–Crippen MR) is 113 cm³/mol. The molecule has 0 saturated heterocycles. The number of nitrogens with zero attached hydrogens (tertiary/aromatic N) is 1. The number of aliphatic imine (C=N–C) groups is 1. The van der Waals surface area contributed by atoms with Crippen molar-refractivity contribution in [3.63, 3.8) is 0 Å². The molecule has 0 aliphatic carbocycles. The van der Waals surface area contributed by atoms with E-state index in [1.165, 1.54) is 22.3 Å². The molecule has 0 radical (unpaired) electrons. The zero-order valence-corrected chi connectivity index (χ0v) is 16.0. The molecule has 1 nitrogen and oxygen atoms in total. The molecular weight excluding hydrogens is 302 g/mol. The first-order valence-electron chi connectivity index (χ1n) is 8.99. The van der Waals surface area contributed by atoms with Crippen LogP contribution in [0.25, 0.3) is 11.6 Å². The van der Waals surface area contributed by atoms with Gasteiger partial charge in [0.25, 0.3) is 0 Å². The minimum Gasteiger partial charge on any atom is -0.258 e. The van der Waals surface area contributed by atoms with Gasteiger partial charge in [-0.2, -0.15) is 0 Å². The van der Waals surface area contributed by atoms with Gasteiger partial charge in [0.05, 0.1) is 5.69 Å². The van der Waals surface area contributed by atoms with Crippen molar-refractivity contribution in [2.75, 3.05) is 0 Å². The summed E-state index contributed by atoms with van der Waals surface area (Å²) in [4.78, 5) is 4.58. The molecule has 2 aromatic rings. The van der Waals surface area contributed by atoms with E-state index in [1.54, 1.807) is 0 Å². The smallest absolute Gasteiger partial charge is 0.0701 e. The van der Waals surface area contributed by atoms with Gasteiger partial charge in [0.15, 0.2) is 0 Å². The molecule has 0 aliphatic heterocycles. The van der Waals surface area contributed by atoms with Gasteiger partial charge in [-0.25, -0.2) is 0 Å². The Bertz CT molecular complexity index is 805. The predicted octanol–water partition coefficient (Wildman–Crippen LogP) is 6.82. The van der Waals surface area contributed by atoms with E-state index in [0.717, 1.165) is 41.8 Å². The van der Waals surface area contributed by atoms with Crippen LogP contribution in [0.4, 0.5) is 5.69 Å². The van der Waals surface area contributed by atoms with E-state index in [9.17, 15) is 0 Å². The fraction of sp³-hybridized carbons (Fsp3) is 0.292. The molecule has 0 aliphatic rings. The molecule has 0 unspecified atom stereocenters. The Kier molecular flexibility index (Phi) is 6.52. The van der Waals surface area contributed by atoms with Crippen LogP contribution in [0.5, 0.6) is 0 Å². The maximum absolute atomic E-state index is 4.58. The van der Waals surface area contributed by atoms with Crippen molar-refractivity contribution in [1.82, 2.24) is 0 Å². The van der Waals surface area contributed by atoms with Crippen molar-refractivity contribution >= 4 is 23.0 Å². The molecule has 0 saturated carbocycles. The maximum atomic E-state index is 4.58. The van der Waals surface area contributed by atoms with E-state index in [1.807, 2.05) is 19.9 Å². The second-order valence-corrected chi connectivity index (χ2v) is 6.78. The molecule has 0 N–H and O–H groups in total. The van der Waals surface area contributed by atoms with Gasteiger partial charge in [-0.05, 0) is 80.0 Å². The largest absolute Gasteiger partial charge is 0.258 e. The summed E-state index contributed by atoms with van der Waals surface area (Å²) >= 11 is 0.